The Labute approximate surface area is 128 Å². The first-order chi connectivity index (χ1) is 10.1. The third-order valence-corrected chi connectivity index (χ3v) is 4.33. The first-order valence-corrected chi connectivity index (χ1v) is 8.26. The van der Waals surface area contributed by atoms with Gasteiger partial charge in [-0.2, -0.15) is 0 Å². The van der Waals surface area contributed by atoms with Gasteiger partial charge in [0.2, 0.25) is 0 Å². The Morgan fingerprint density at radius 3 is 2.62 bits per heavy atom. The van der Waals surface area contributed by atoms with Gasteiger partial charge in [0.1, 0.15) is 5.75 Å². The van der Waals surface area contributed by atoms with Crippen molar-refractivity contribution in [2.45, 2.75) is 64.7 Å². The Morgan fingerprint density at radius 1 is 1.29 bits per heavy atom. The monoisotopic (exact) mass is 291 g/mol. The van der Waals surface area contributed by atoms with Crippen molar-refractivity contribution < 1.29 is 9.84 Å². The van der Waals surface area contributed by atoms with Crippen molar-refractivity contribution in [3.05, 3.63) is 29.8 Å². The number of aliphatic hydroxyl groups excluding tert-OH is 1. The highest BCUT2D eigenvalue weighted by Gasteiger charge is 2.23. The molecule has 3 heteroatoms. The fourth-order valence-corrected chi connectivity index (χ4v) is 3.09. The number of hydrogen-bond acceptors (Lipinski definition) is 3. The molecule has 1 fully saturated rings. The fraction of sp³-hybridized carbons (Fsp3) is 0.667. The van der Waals surface area contributed by atoms with Crippen molar-refractivity contribution in [3.63, 3.8) is 0 Å². The highest BCUT2D eigenvalue weighted by molar-refractivity contribution is 5.28. The summed E-state index contributed by atoms with van der Waals surface area (Å²) >= 11 is 0. The van der Waals surface area contributed by atoms with E-state index in [1.54, 1.807) is 0 Å². The van der Waals surface area contributed by atoms with E-state index in [-0.39, 0.29) is 6.10 Å². The maximum Gasteiger partial charge on any atom is 0.119 e. The van der Waals surface area contributed by atoms with Crippen LogP contribution in [0.25, 0.3) is 0 Å². The van der Waals surface area contributed by atoms with Gasteiger partial charge in [0.25, 0.3) is 0 Å². The number of rotatable bonds is 6. The van der Waals surface area contributed by atoms with Gasteiger partial charge >= 0.3 is 0 Å². The molecule has 3 nitrogen and oxygen atoms in total. The third-order valence-electron chi connectivity index (χ3n) is 4.33. The zero-order valence-electron chi connectivity index (χ0n) is 13.5. The van der Waals surface area contributed by atoms with Gasteiger partial charge in [-0.1, -0.05) is 25.5 Å². The highest BCUT2D eigenvalue weighted by Crippen LogP contribution is 2.27. The number of ether oxygens (including phenoxy) is 1. The number of benzene rings is 1. The summed E-state index contributed by atoms with van der Waals surface area (Å²) in [5, 5.41) is 14.0. The zero-order valence-corrected chi connectivity index (χ0v) is 13.5. The van der Waals surface area contributed by atoms with Gasteiger partial charge < -0.3 is 15.2 Å². The van der Waals surface area contributed by atoms with Crippen molar-refractivity contribution >= 4 is 0 Å². The van der Waals surface area contributed by atoms with Crippen LogP contribution >= 0.6 is 0 Å². The van der Waals surface area contributed by atoms with Gasteiger partial charge in [-0.25, -0.2) is 0 Å². The van der Waals surface area contributed by atoms with Crippen molar-refractivity contribution in [2.24, 2.45) is 5.92 Å². The lowest BCUT2D eigenvalue weighted by atomic mass is 9.87. The minimum absolute atomic E-state index is 0.179. The molecule has 0 amide bonds. The Hall–Kier alpha value is -1.06. The molecule has 2 N–H and O–H groups in total. The normalized spacial score (nSPS) is 24.0. The highest BCUT2D eigenvalue weighted by atomic mass is 16.5. The van der Waals surface area contributed by atoms with Crippen LogP contribution in [0.3, 0.4) is 0 Å². The molecule has 1 aliphatic rings. The number of nitrogens with one attached hydrogen (secondary N) is 1. The van der Waals surface area contributed by atoms with Crippen molar-refractivity contribution in [1.29, 1.82) is 0 Å². The second kappa shape index (κ2) is 7.81. The summed E-state index contributed by atoms with van der Waals surface area (Å²) < 4.78 is 5.63. The molecule has 3 unspecified atom stereocenters. The van der Waals surface area contributed by atoms with Gasteiger partial charge in [0.15, 0.2) is 0 Å². The molecule has 0 aromatic heterocycles. The van der Waals surface area contributed by atoms with Crippen molar-refractivity contribution in [2.75, 3.05) is 6.54 Å². The maximum absolute atomic E-state index is 10.4. The molecule has 1 saturated heterocycles. The van der Waals surface area contributed by atoms with E-state index < -0.39 is 6.10 Å². The van der Waals surface area contributed by atoms with E-state index in [1.165, 1.54) is 19.3 Å². The van der Waals surface area contributed by atoms with E-state index in [4.69, 9.17) is 4.74 Å². The first kappa shape index (κ1) is 16.3. The van der Waals surface area contributed by atoms with E-state index in [9.17, 15) is 5.11 Å². The molecular formula is C18H29NO2. The van der Waals surface area contributed by atoms with Crippen LogP contribution in [0.1, 0.15) is 58.1 Å². The molecular weight excluding hydrogens is 262 g/mol. The molecule has 3 atom stereocenters. The van der Waals surface area contributed by atoms with E-state index in [0.29, 0.717) is 6.04 Å². The summed E-state index contributed by atoms with van der Waals surface area (Å²) in [5.74, 6) is 1.67. The smallest absolute Gasteiger partial charge is 0.119 e. The Balaban J connectivity index is 1.89. The first-order valence-electron chi connectivity index (χ1n) is 8.26. The molecule has 0 bridgehead atoms. The lowest BCUT2D eigenvalue weighted by Crippen LogP contribution is -2.38. The lowest BCUT2D eigenvalue weighted by molar-refractivity contribution is 0.135. The molecule has 1 heterocycles. The van der Waals surface area contributed by atoms with Gasteiger partial charge in [0, 0.05) is 6.04 Å². The van der Waals surface area contributed by atoms with Crippen LogP contribution in [0.5, 0.6) is 5.75 Å². The van der Waals surface area contributed by atoms with Crippen LogP contribution in [-0.2, 0) is 0 Å². The maximum atomic E-state index is 10.4. The minimum Gasteiger partial charge on any atom is -0.491 e. The topological polar surface area (TPSA) is 41.5 Å². The average Bonchev–Trinajstić information content (AvgIpc) is 2.47. The Kier molecular flexibility index (Phi) is 6.07. The molecule has 0 radical (unpaired) electrons. The molecule has 2 rings (SSSR count). The van der Waals surface area contributed by atoms with Gasteiger partial charge in [-0.15, -0.1) is 0 Å². The molecule has 118 valence electrons. The van der Waals surface area contributed by atoms with Crippen LogP contribution in [0.2, 0.25) is 0 Å². The average molecular weight is 291 g/mol. The van der Waals surface area contributed by atoms with E-state index in [1.807, 2.05) is 38.1 Å². The van der Waals surface area contributed by atoms with E-state index >= 15 is 0 Å². The fourth-order valence-electron chi connectivity index (χ4n) is 3.09. The van der Waals surface area contributed by atoms with Crippen LogP contribution in [0.4, 0.5) is 0 Å². The molecule has 0 aliphatic carbocycles. The number of piperidine rings is 1. The van der Waals surface area contributed by atoms with E-state index in [0.717, 1.165) is 30.2 Å². The molecule has 0 spiro atoms. The summed E-state index contributed by atoms with van der Waals surface area (Å²) in [5.41, 5.74) is 0.978. The SMILES string of the molecule is CCC1CCNC(CC(O)c2ccc(OC(C)C)cc2)C1. The summed E-state index contributed by atoms with van der Waals surface area (Å²) in [4.78, 5) is 0. The van der Waals surface area contributed by atoms with Crippen LogP contribution in [-0.4, -0.2) is 23.8 Å². The second-order valence-electron chi connectivity index (χ2n) is 6.44. The molecule has 21 heavy (non-hydrogen) atoms. The van der Waals surface area contributed by atoms with Gasteiger partial charge in [0.05, 0.1) is 12.2 Å². The van der Waals surface area contributed by atoms with Crippen molar-refractivity contribution in [1.82, 2.24) is 5.32 Å². The predicted molar refractivity (Wildman–Crippen MR) is 86.6 cm³/mol. The van der Waals surface area contributed by atoms with E-state index in [2.05, 4.69) is 12.2 Å². The summed E-state index contributed by atoms with van der Waals surface area (Å²) in [6, 6.07) is 8.28. The zero-order chi connectivity index (χ0) is 15.2. The standard InChI is InChI=1S/C18H29NO2/c1-4-14-9-10-19-16(11-14)12-18(20)15-5-7-17(8-6-15)21-13(2)3/h5-8,13-14,16,18-20H,4,9-12H2,1-3H3. The Bertz CT molecular complexity index is 416. The number of aliphatic hydroxyl groups is 1. The van der Waals surface area contributed by atoms with Crippen molar-refractivity contribution in [3.8, 4) is 5.75 Å². The van der Waals surface area contributed by atoms with Crippen LogP contribution in [0.15, 0.2) is 24.3 Å². The molecule has 1 aliphatic heterocycles. The lowest BCUT2D eigenvalue weighted by Gasteiger charge is -2.31. The third kappa shape index (κ3) is 5.01. The second-order valence-corrected chi connectivity index (χ2v) is 6.44. The summed E-state index contributed by atoms with van der Waals surface area (Å²) in [6.07, 6.45) is 4.27. The van der Waals surface area contributed by atoms with Crippen LogP contribution < -0.4 is 10.1 Å². The Morgan fingerprint density at radius 2 is 2.00 bits per heavy atom. The van der Waals surface area contributed by atoms with Gasteiger partial charge in [-0.3, -0.25) is 0 Å². The molecule has 1 aromatic carbocycles. The summed E-state index contributed by atoms with van der Waals surface area (Å²) in [6.45, 7) is 7.37. The largest absolute Gasteiger partial charge is 0.491 e. The predicted octanol–water partition coefficient (Wildman–Crippen LogP) is 3.68. The summed E-state index contributed by atoms with van der Waals surface area (Å²) in [7, 11) is 0. The molecule has 0 saturated carbocycles. The minimum atomic E-state index is -0.397. The molecule has 1 aromatic rings. The van der Waals surface area contributed by atoms with Crippen LogP contribution in [0, 0.1) is 5.92 Å². The number of hydrogen-bond donors (Lipinski definition) is 2. The quantitative estimate of drug-likeness (QED) is 0.840. The van der Waals surface area contributed by atoms with Gasteiger partial charge in [-0.05, 0) is 63.3 Å².